The molecular weight excluding hydrogens is 378 g/mol. The number of nitrogens with one attached hydrogen (secondary N) is 3. The van der Waals surface area contributed by atoms with Crippen LogP contribution in [0.3, 0.4) is 0 Å². The summed E-state index contributed by atoms with van der Waals surface area (Å²) in [6, 6.07) is 13.3. The van der Waals surface area contributed by atoms with Gasteiger partial charge in [-0.3, -0.25) is 9.69 Å². The minimum atomic E-state index is -0.838. The number of H-pyrrole nitrogens is 2. The molecule has 3 heterocycles. The Labute approximate surface area is 176 Å². The van der Waals surface area contributed by atoms with E-state index in [0.717, 1.165) is 35.7 Å². The number of aliphatic hydroxyl groups excluding tert-OH is 1. The first kappa shape index (κ1) is 20.4. The molecule has 1 fully saturated rings. The third-order valence-electron chi connectivity index (χ3n) is 6.03. The fraction of sp³-hybridized carbons (Fsp3) is 0.391. The second-order valence-electron chi connectivity index (χ2n) is 7.98. The summed E-state index contributed by atoms with van der Waals surface area (Å²) in [6.45, 7) is 5.98. The molecule has 0 spiro atoms. The van der Waals surface area contributed by atoms with Crippen molar-refractivity contribution in [3.05, 3.63) is 77.1 Å². The topological polar surface area (TPSA) is 97.0 Å². The lowest BCUT2D eigenvalue weighted by atomic mass is 9.78. The van der Waals surface area contributed by atoms with E-state index >= 15 is 0 Å². The van der Waals surface area contributed by atoms with Gasteiger partial charge in [0.1, 0.15) is 11.5 Å². The zero-order chi connectivity index (χ0) is 21.1. The van der Waals surface area contributed by atoms with Crippen LogP contribution in [-0.4, -0.2) is 50.1 Å². The number of aromatic amines is 2. The fourth-order valence-electron chi connectivity index (χ4n) is 4.26. The van der Waals surface area contributed by atoms with Crippen molar-refractivity contribution in [1.82, 2.24) is 25.2 Å². The van der Waals surface area contributed by atoms with E-state index < -0.39 is 11.6 Å². The summed E-state index contributed by atoms with van der Waals surface area (Å²) in [4.78, 5) is 26.0. The van der Waals surface area contributed by atoms with Crippen LogP contribution in [0.2, 0.25) is 0 Å². The number of aromatic nitrogens is 3. The maximum absolute atomic E-state index is 12.9. The first-order valence-electron chi connectivity index (χ1n) is 10.5. The SMILES string of the molecule is CCc1nc(CN2CC[C@@](NC(=O)c3ccc[nH]3)(c3ccccc3)[C@H](O)C2)c(C)[nH]1. The Morgan fingerprint density at radius 3 is 2.73 bits per heavy atom. The maximum atomic E-state index is 12.9. The summed E-state index contributed by atoms with van der Waals surface area (Å²) >= 11 is 0. The number of carbonyl (C=O) groups is 1. The number of carbonyl (C=O) groups excluding carboxylic acids is 1. The van der Waals surface area contributed by atoms with Gasteiger partial charge in [-0.25, -0.2) is 4.98 Å². The number of benzene rings is 1. The van der Waals surface area contributed by atoms with Gasteiger partial charge in [0.2, 0.25) is 0 Å². The molecule has 4 N–H and O–H groups in total. The number of β-amino-alcohol motifs (C(OH)–C–C–N with tert-alkyl or cyclic N) is 1. The molecule has 30 heavy (non-hydrogen) atoms. The standard InChI is InChI=1S/C23H29N5O2/c1-3-21-25-16(2)19(26-21)14-28-13-11-23(20(29)15-28,17-8-5-4-6-9-17)27-22(30)18-10-7-12-24-18/h4-10,12,20,24,29H,3,11,13-15H2,1-2H3,(H,25,26)(H,27,30)/t20-,23-/m1/s1. The van der Waals surface area contributed by atoms with Crippen molar-refractivity contribution in [2.45, 2.75) is 44.9 Å². The molecule has 2 atom stereocenters. The molecule has 0 radical (unpaired) electrons. The van der Waals surface area contributed by atoms with Gasteiger partial charge in [0.05, 0.1) is 17.3 Å². The van der Waals surface area contributed by atoms with E-state index in [9.17, 15) is 9.90 Å². The molecule has 1 saturated heterocycles. The van der Waals surface area contributed by atoms with Crippen molar-refractivity contribution in [1.29, 1.82) is 0 Å². The molecule has 1 aliphatic rings. The average Bonchev–Trinajstić information content (AvgIpc) is 3.41. The first-order chi connectivity index (χ1) is 14.5. The van der Waals surface area contributed by atoms with E-state index in [1.165, 1.54) is 0 Å². The summed E-state index contributed by atoms with van der Waals surface area (Å²) < 4.78 is 0. The highest BCUT2D eigenvalue weighted by Crippen LogP contribution is 2.34. The van der Waals surface area contributed by atoms with Gasteiger partial charge in [-0.15, -0.1) is 0 Å². The largest absolute Gasteiger partial charge is 0.389 e. The van der Waals surface area contributed by atoms with Crippen LogP contribution in [0.4, 0.5) is 0 Å². The lowest BCUT2D eigenvalue weighted by Crippen LogP contribution is -2.61. The van der Waals surface area contributed by atoms with Crippen LogP contribution in [0.25, 0.3) is 0 Å². The summed E-state index contributed by atoms with van der Waals surface area (Å²) in [7, 11) is 0. The predicted octanol–water partition coefficient (Wildman–Crippen LogP) is 2.50. The molecule has 1 amide bonds. The third-order valence-corrected chi connectivity index (χ3v) is 6.03. The molecule has 0 unspecified atom stereocenters. The molecule has 2 aromatic heterocycles. The van der Waals surface area contributed by atoms with Gasteiger partial charge < -0.3 is 20.4 Å². The minimum absolute atomic E-state index is 0.216. The van der Waals surface area contributed by atoms with Crippen LogP contribution in [0.15, 0.2) is 48.7 Å². The van der Waals surface area contributed by atoms with Gasteiger partial charge in [0, 0.05) is 37.9 Å². The van der Waals surface area contributed by atoms with Gasteiger partial charge in [-0.2, -0.15) is 0 Å². The summed E-state index contributed by atoms with van der Waals surface area (Å²) in [5.74, 6) is 0.768. The molecule has 1 aromatic carbocycles. The van der Waals surface area contributed by atoms with Crippen LogP contribution >= 0.6 is 0 Å². The van der Waals surface area contributed by atoms with E-state index in [1.54, 1.807) is 18.3 Å². The molecule has 4 rings (SSSR count). The Bertz CT molecular complexity index is 982. The second-order valence-corrected chi connectivity index (χ2v) is 7.98. The van der Waals surface area contributed by atoms with Gasteiger partial charge in [0.15, 0.2) is 0 Å². The smallest absolute Gasteiger partial charge is 0.268 e. The van der Waals surface area contributed by atoms with Crippen molar-refractivity contribution < 1.29 is 9.90 Å². The number of piperidine rings is 1. The zero-order valence-corrected chi connectivity index (χ0v) is 17.5. The Balaban J connectivity index is 1.56. The molecule has 3 aromatic rings. The van der Waals surface area contributed by atoms with Gasteiger partial charge in [0.25, 0.3) is 5.91 Å². The van der Waals surface area contributed by atoms with Crippen molar-refractivity contribution in [2.75, 3.05) is 13.1 Å². The summed E-state index contributed by atoms with van der Waals surface area (Å²) in [6.07, 6.45) is 2.44. The fourth-order valence-corrected chi connectivity index (χ4v) is 4.26. The number of nitrogens with zero attached hydrogens (tertiary/aromatic N) is 2. The van der Waals surface area contributed by atoms with Crippen LogP contribution in [0.5, 0.6) is 0 Å². The molecule has 1 aliphatic heterocycles. The van der Waals surface area contributed by atoms with Crippen LogP contribution in [-0.2, 0) is 18.5 Å². The Morgan fingerprint density at radius 2 is 2.10 bits per heavy atom. The number of aryl methyl sites for hydroxylation is 2. The van der Waals surface area contributed by atoms with Gasteiger partial charge in [-0.1, -0.05) is 37.3 Å². The Hall–Kier alpha value is -2.90. The average molecular weight is 408 g/mol. The van der Waals surface area contributed by atoms with Gasteiger partial charge >= 0.3 is 0 Å². The number of likely N-dealkylation sites (tertiary alicyclic amines) is 1. The van der Waals surface area contributed by atoms with Crippen molar-refractivity contribution >= 4 is 5.91 Å². The highest BCUT2D eigenvalue weighted by molar-refractivity contribution is 5.93. The predicted molar refractivity (Wildman–Crippen MR) is 115 cm³/mol. The first-order valence-corrected chi connectivity index (χ1v) is 10.5. The lowest BCUT2D eigenvalue weighted by molar-refractivity contribution is -0.0185. The highest BCUT2D eigenvalue weighted by Gasteiger charge is 2.45. The zero-order valence-electron chi connectivity index (χ0n) is 17.5. The molecule has 0 bridgehead atoms. The third kappa shape index (κ3) is 3.91. The summed E-state index contributed by atoms with van der Waals surface area (Å²) in [5.41, 5.74) is 2.65. The van der Waals surface area contributed by atoms with Crippen molar-refractivity contribution in [2.24, 2.45) is 0 Å². The number of rotatable bonds is 6. The van der Waals surface area contributed by atoms with E-state index in [4.69, 9.17) is 0 Å². The lowest BCUT2D eigenvalue weighted by Gasteiger charge is -2.46. The highest BCUT2D eigenvalue weighted by atomic mass is 16.3. The second kappa shape index (κ2) is 8.45. The minimum Gasteiger partial charge on any atom is -0.389 e. The van der Waals surface area contributed by atoms with Gasteiger partial charge in [-0.05, 0) is 31.0 Å². The number of imidazole rings is 1. The monoisotopic (exact) mass is 407 g/mol. The number of amides is 1. The Kier molecular flexibility index (Phi) is 5.74. The number of hydrogen-bond acceptors (Lipinski definition) is 4. The molecule has 0 aliphatic carbocycles. The van der Waals surface area contributed by atoms with Crippen LogP contribution in [0.1, 0.15) is 46.6 Å². The van der Waals surface area contributed by atoms with E-state index in [2.05, 4.69) is 32.1 Å². The normalized spacial score (nSPS) is 22.2. The molecule has 7 nitrogen and oxygen atoms in total. The summed E-state index contributed by atoms with van der Waals surface area (Å²) in [5, 5.41) is 14.4. The van der Waals surface area contributed by atoms with Crippen LogP contribution < -0.4 is 5.32 Å². The molecule has 7 heteroatoms. The quantitative estimate of drug-likeness (QED) is 0.505. The molecule has 158 valence electrons. The maximum Gasteiger partial charge on any atom is 0.268 e. The van der Waals surface area contributed by atoms with E-state index in [1.807, 2.05) is 37.3 Å². The Morgan fingerprint density at radius 1 is 1.30 bits per heavy atom. The van der Waals surface area contributed by atoms with E-state index in [-0.39, 0.29) is 5.91 Å². The number of hydrogen-bond donors (Lipinski definition) is 4. The molecule has 0 saturated carbocycles. The van der Waals surface area contributed by atoms with Crippen molar-refractivity contribution in [3.8, 4) is 0 Å². The van der Waals surface area contributed by atoms with Crippen LogP contribution in [0, 0.1) is 6.92 Å². The molecular formula is C23H29N5O2. The van der Waals surface area contributed by atoms with E-state index in [0.29, 0.717) is 25.2 Å². The number of aliphatic hydroxyl groups is 1. The van der Waals surface area contributed by atoms with Crippen molar-refractivity contribution in [3.63, 3.8) is 0 Å².